The molecule has 0 saturated carbocycles. The third kappa shape index (κ3) is 5.15. The standard InChI is InChI=1S/C24H31ClN2O/c1-4-23(19-12-11-17(2)18(3)14-19)26-24(28)21-9-7-13-27(16-21)15-20-8-5-6-10-22(20)25/h5-6,8,10-12,14,21,23H,4,7,9,13,15-16H2,1-3H3,(H,26,28)/t21-,23+/m0/s1. The first-order chi connectivity index (χ1) is 13.5. The SMILES string of the molecule is CC[C@@H](NC(=O)[C@H]1CCCN(Cc2ccccc2Cl)C1)c1ccc(C)c(C)c1. The monoisotopic (exact) mass is 398 g/mol. The Balaban J connectivity index is 1.62. The molecule has 3 nitrogen and oxygen atoms in total. The van der Waals surface area contributed by atoms with Crippen LogP contribution in [0, 0.1) is 19.8 Å². The highest BCUT2D eigenvalue weighted by Crippen LogP contribution is 2.24. The van der Waals surface area contributed by atoms with Crippen LogP contribution in [0.2, 0.25) is 5.02 Å². The first kappa shape index (κ1) is 20.9. The van der Waals surface area contributed by atoms with Gasteiger partial charge >= 0.3 is 0 Å². The van der Waals surface area contributed by atoms with Gasteiger partial charge < -0.3 is 5.32 Å². The molecule has 0 aliphatic carbocycles. The van der Waals surface area contributed by atoms with Gasteiger partial charge in [-0.15, -0.1) is 0 Å². The predicted molar refractivity (Wildman–Crippen MR) is 117 cm³/mol. The molecule has 150 valence electrons. The number of nitrogens with one attached hydrogen (secondary N) is 1. The average molecular weight is 399 g/mol. The fraction of sp³-hybridized carbons (Fsp3) is 0.458. The molecule has 0 spiro atoms. The molecule has 1 heterocycles. The van der Waals surface area contributed by atoms with E-state index in [1.54, 1.807) is 0 Å². The summed E-state index contributed by atoms with van der Waals surface area (Å²) in [6.07, 6.45) is 2.89. The van der Waals surface area contributed by atoms with E-state index in [4.69, 9.17) is 11.6 Å². The molecule has 1 fully saturated rings. The summed E-state index contributed by atoms with van der Waals surface area (Å²) in [6.45, 7) is 8.99. The fourth-order valence-corrected chi connectivity index (χ4v) is 4.17. The maximum Gasteiger partial charge on any atom is 0.224 e. The van der Waals surface area contributed by atoms with Crippen LogP contribution in [0.15, 0.2) is 42.5 Å². The minimum absolute atomic E-state index is 0.0387. The number of carbonyl (C=O) groups excluding carboxylic acids is 1. The van der Waals surface area contributed by atoms with Gasteiger partial charge in [-0.25, -0.2) is 0 Å². The van der Waals surface area contributed by atoms with Crippen molar-refractivity contribution in [2.75, 3.05) is 13.1 Å². The first-order valence-corrected chi connectivity index (χ1v) is 10.7. The van der Waals surface area contributed by atoms with Gasteiger partial charge in [-0.3, -0.25) is 9.69 Å². The number of likely N-dealkylation sites (tertiary alicyclic amines) is 1. The molecule has 1 amide bonds. The zero-order valence-electron chi connectivity index (χ0n) is 17.2. The summed E-state index contributed by atoms with van der Waals surface area (Å²) in [5.41, 5.74) is 4.88. The molecule has 1 N–H and O–H groups in total. The molecule has 0 aromatic heterocycles. The van der Waals surface area contributed by atoms with Gasteiger partial charge in [0.2, 0.25) is 5.91 Å². The van der Waals surface area contributed by atoms with Crippen molar-refractivity contribution in [3.8, 4) is 0 Å². The lowest BCUT2D eigenvalue weighted by molar-refractivity contribution is -0.127. The van der Waals surface area contributed by atoms with Crippen molar-refractivity contribution in [3.63, 3.8) is 0 Å². The number of hydrogen-bond donors (Lipinski definition) is 1. The zero-order chi connectivity index (χ0) is 20.1. The molecular weight excluding hydrogens is 368 g/mol. The lowest BCUT2D eigenvalue weighted by atomic mass is 9.94. The van der Waals surface area contributed by atoms with Crippen LogP contribution in [0.5, 0.6) is 0 Å². The molecule has 1 saturated heterocycles. The lowest BCUT2D eigenvalue weighted by Crippen LogP contribution is -2.43. The van der Waals surface area contributed by atoms with Crippen LogP contribution in [-0.2, 0) is 11.3 Å². The zero-order valence-corrected chi connectivity index (χ0v) is 17.9. The molecule has 1 aliphatic rings. The summed E-state index contributed by atoms with van der Waals surface area (Å²) in [7, 11) is 0. The van der Waals surface area contributed by atoms with Gasteiger partial charge in [0.25, 0.3) is 0 Å². The van der Waals surface area contributed by atoms with Crippen LogP contribution in [-0.4, -0.2) is 23.9 Å². The van der Waals surface area contributed by atoms with Gasteiger partial charge in [0.15, 0.2) is 0 Å². The maximum absolute atomic E-state index is 13.0. The van der Waals surface area contributed by atoms with E-state index < -0.39 is 0 Å². The van der Waals surface area contributed by atoms with Crippen molar-refractivity contribution in [1.29, 1.82) is 0 Å². The van der Waals surface area contributed by atoms with Crippen LogP contribution in [0.3, 0.4) is 0 Å². The number of hydrogen-bond acceptors (Lipinski definition) is 2. The van der Waals surface area contributed by atoms with E-state index in [-0.39, 0.29) is 17.9 Å². The molecule has 3 rings (SSSR count). The van der Waals surface area contributed by atoms with Crippen LogP contribution in [0.1, 0.15) is 54.5 Å². The molecular formula is C24H31ClN2O. The van der Waals surface area contributed by atoms with Crippen molar-refractivity contribution < 1.29 is 4.79 Å². The second-order valence-corrected chi connectivity index (χ2v) is 8.39. The highest BCUT2D eigenvalue weighted by atomic mass is 35.5. The van der Waals surface area contributed by atoms with Gasteiger partial charge in [-0.1, -0.05) is 54.9 Å². The van der Waals surface area contributed by atoms with Gasteiger partial charge in [-0.05, 0) is 68.0 Å². The fourth-order valence-electron chi connectivity index (χ4n) is 3.97. The van der Waals surface area contributed by atoms with Gasteiger partial charge in [0.05, 0.1) is 12.0 Å². The van der Waals surface area contributed by atoms with Crippen molar-refractivity contribution in [2.45, 2.75) is 52.6 Å². The van der Waals surface area contributed by atoms with Crippen molar-refractivity contribution in [3.05, 3.63) is 69.7 Å². The third-order valence-electron chi connectivity index (χ3n) is 5.89. The summed E-state index contributed by atoms with van der Waals surface area (Å²) >= 11 is 6.32. The van der Waals surface area contributed by atoms with E-state index in [1.807, 2.05) is 18.2 Å². The third-order valence-corrected chi connectivity index (χ3v) is 6.25. The Morgan fingerprint density at radius 2 is 2.00 bits per heavy atom. The smallest absolute Gasteiger partial charge is 0.224 e. The molecule has 2 atom stereocenters. The van der Waals surface area contributed by atoms with E-state index >= 15 is 0 Å². The number of halogens is 1. The number of aryl methyl sites for hydroxylation is 2. The summed E-state index contributed by atoms with van der Waals surface area (Å²) in [5.74, 6) is 0.214. The van der Waals surface area contributed by atoms with E-state index in [9.17, 15) is 4.79 Å². The Kier molecular flexibility index (Phi) is 7.14. The molecule has 0 radical (unpaired) electrons. The summed E-state index contributed by atoms with van der Waals surface area (Å²) < 4.78 is 0. The largest absolute Gasteiger partial charge is 0.349 e. The van der Waals surface area contributed by atoms with Crippen molar-refractivity contribution in [1.82, 2.24) is 10.2 Å². The normalized spacial score (nSPS) is 18.6. The number of nitrogens with zero attached hydrogens (tertiary/aromatic N) is 1. The van der Waals surface area contributed by atoms with Crippen LogP contribution >= 0.6 is 11.6 Å². The van der Waals surface area contributed by atoms with Gasteiger partial charge in [0, 0.05) is 18.1 Å². The van der Waals surface area contributed by atoms with Gasteiger partial charge in [0.1, 0.15) is 0 Å². The maximum atomic E-state index is 13.0. The minimum atomic E-state index is 0.0387. The number of carbonyl (C=O) groups is 1. The van der Waals surface area contributed by atoms with Crippen molar-refractivity contribution >= 4 is 17.5 Å². The Labute approximate surface area is 174 Å². The Morgan fingerprint density at radius 1 is 1.21 bits per heavy atom. The highest BCUT2D eigenvalue weighted by Gasteiger charge is 2.27. The second-order valence-electron chi connectivity index (χ2n) is 7.98. The summed E-state index contributed by atoms with van der Waals surface area (Å²) in [4.78, 5) is 15.3. The lowest BCUT2D eigenvalue weighted by Gasteiger charge is -2.33. The molecule has 0 unspecified atom stereocenters. The predicted octanol–water partition coefficient (Wildman–Crippen LogP) is 5.44. The number of benzene rings is 2. The summed E-state index contributed by atoms with van der Waals surface area (Å²) in [5, 5.41) is 4.10. The molecule has 0 bridgehead atoms. The van der Waals surface area contributed by atoms with E-state index in [2.05, 4.69) is 55.3 Å². The molecule has 1 aliphatic heterocycles. The summed E-state index contributed by atoms with van der Waals surface area (Å²) in [6, 6.07) is 14.5. The van der Waals surface area contributed by atoms with Crippen molar-refractivity contribution in [2.24, 2.45) is 5.92 Å². The molecule has 4 heteroatoms. The number of rotatable bonds is 6. The minimum Gasteiger partial charge on any atom is -0.349 e. The second kappa shape index (κ2) is 9.58. The van der Waals surface area contributed by atoms with Gasteiger partial charge in [-0.2, -0.15) is 0 Å². The van der Waals surface area contributed by atoms with Crippen LogP contribution in [0.4, 0.5) is 0 Å². The van der Waals surface area contributed by atoms with Crippen LogP contribution in [0.25, 0.3) is 0 Å². The first-order valence-electron chi connectivity index (χ1n) is 10.3. The Bertz CT molecular complexity index is 820. The average Bonchev–Trinajstić information content (AvgIpc) is 2.70. The molecule has 2 aromatic rings. The highest BCUT2D eigenvalue weighted by molar-refractivity contribution is 6.31. The molecule has 2 aromatic carbocycles. The topological polar surface area (TPSA) is 32.3 Å². The number of piperidine rings is 1. The Morgan fingerprint density at radius 3 is 2.71 bits per heavy atom. The van der Waals surface area contributed by atoms with E-state index in [0.29, 0.717) is 0 Å². The molecule has 28 heavy (non-hydrogen) atoms. The Hall–Kier alpha value is -1.84. The van der Waals surface area contributed by atoms with Crippen LogP contribution < -0.4 is 5.32 Å². The quantitative estimate of drug-likeness (QED) is 0.702. The number of amides is 1. The van der Waals surface area contributed by atoms with E-state index in [0.717, 1.165) is 49.5 Å². The van der Waals surface area contributed by atoms with E-state index in [1.165, 1.54) is 16.7 Å².